The van der Waals surface area contributed by atoms with Crippen LogP contribution in [-0.2, 0) is 22.2 Å². The smallest absolute Gasteiger partial charge is 0.182 e. The van der Waals surface area contributed by atoms with Crippen LogP contribution in [0.1, 0.15) is 36.5 Å². The van der Waals surface area contributed by atoms with Gasteiger partial charge in [0.2, 0.25) is 0 Å². The summed E-state index contributed by atoms with van der Waals surface area (Å²) in [7, 11) is -3.46. The number of hydrogen-bond donors (Lipinski definition) is 0. The van der Waals surface area contributed by atoms with E-state index in [1.807, 2.05) is 60.8 Å². The van der Waals surface area contributed by atoms with Crippen molar-refractivity contribution in [2.75, 3.05) is 0 Å². The fourth-order valence-corrected chi connectivity index (χ4v) is 5.87. The number of pyridine rings is 1. The molecule has 0 atom stereocenters. The highest BCUT2D eigenvalue weighted by atomic mass is 32.2. The van der Waals surface area contributed by atoms with Crippen molar-refractivity contribution in [1.82, 2.24) is 4.98 Å². The van der Waals surface area contributed by atoms with Crippen LogP contribution in [0.3, 0.4) is 0 Å². The molecule has 0 radical (unpaired) electrons. The first-order valence-electron chi connectivity index (χ1n) is 12.4. The summed E-state index contributed by atoms with van der Waals surface area (Å²) in [6.07, 6.45) is 1.82. The van der Waals surface area contributed by atoms with Gasteiger partial charge in [-0.05, 0) is 70.6 Å². The molecule has 0 bridgehead atoms. The van der Waals surface area contributed by atoms with Gasteiger partial charge in [0.05, 0.1) is 16.2 Å². The van der Waals surface area contributed by atoms with Gasteiger partial charge in [-0.25, -0.2) is 8.42 Å². The molecule has 0 aliphatic heterocycles. The minimum atomic E-state index is -3.46. The minimum absolute atomic E-state index is 0.0732. The Morgan fingerprint density at radius 2 is 1.54 bits per heavy atom. The Balaban J connectivity index is 1.41. The molecule has 37 heavy (non-hydrogen) atoms. The zero-order chi connectivity index (χ0) is 25.8. The van der Waals surface area contributed by atoms with Crippen LogP contribution in [0.5, 0.6) is 5.75 Å². The van der Waals surface area contributed by atoms with Crippen molar-refractivity contribution in [3.05, 3.63) is 126 Å². The van der Waals surface area contributed by atoms with Gasteiger partial charge in [-0.3, -0.25) is 4.98 Å². The monoisotopic (exact) mass is 507 g/mol. The molecular weight excluding hydrogens is 478 g/mol. The van der Waals surface area contributed by atoms with Crippen LogP contribution in [0.2, 0.25) is 0 Å². The highest BCUT2D eigenvalue weighted by Crippen LogP contribution is 2.33. The molecule has 1 aromatic heterocycles. The Bertz CT molecular complexity index is 1640. The van der Waals surface area contributed by atoms with Crippen LogP contribution < -0.4 is 4.74 Å². The third-order valence-corrected chi connectivity index (χ3v) is 8.18. The molecule has 0 aliphatic rings. The van der Waals surface area contributed by atoms with E-state index in [1.165, 1.54) is 5.56 Å². The van der Waals surface area contributed by atoms with E-state index in [1.54, 1.807) is 24.3 Å². The van der Waals surface area contributed by atoms with Crippen LogP contribution in [0, 0.1) is 0 Å². The number of benzene rings is 4. The molecule has 1 heterocycles. The quantitative estimate of drug-likeness (QED) is 0.217. The van der Waals surface area contributed by atoms with Crippen molar-refractivity contribution in [3.63, 3.8) is 0 Å². The fourth-order valence-electron chi connectivity index (χ4n) is 4.44. The summed E-state index contributed by atoms with van der Waals surface area (Å²) in [5, 5.41) is 1.11. The third kappa shape index (κ3) is 5.57. The maximum absolute atomic E-state index is 13.0. The van der Waals surface area contributed by atoms with Gasteiger partial charge in [0, 0.05) is 17.1 Å². The minimum Gasteiger partial charge on any atom is -0.489 e. The lowest BCUT2D eigenvalue weighted by Gasteiger charge is -2.14. The van der Waals surface area contributed by atoms with Gasteiger partial charge < -0.3 is 4.74 Å². The van der Waals surface area contributed by atoms with E-state index >= 15 is 0 Å². The lowest BCUT2D eigenvalue weighted by molar-refractivity contribution is 0.305. The van der Waals surface area contributed by atoms with Gasteiger partial charge in [-0.2, -0.15) is 0 Å². The number of rotatable bonds is 8. The van der Waals surface area contributed by atoms with Crippen LogP contribution in [0.15, 0.2) is 114 Å². The van der Waals surface area contributed by atoms with Gasteiger partial charge in [0.1, 0.15) is 12.4 Å². The van der Waals surface area contributed by atoms with Crippen molar-refractivity contribution in [2.45, 2.75) is 37.0 Å². The fraction of sp³-hybridized carbons (Fsp3) is 0.156. The van der Waals surface area contributed by atoms with Crippen LogP contribution in [0.25, 0.3) is 22.0 Å². The van der Waals surface area contributed by atoms with E-state index in [0.717, 1.165) is 38.9 Å². The second-order valence-corrected chi connectivity index (χ2v) is 11.4. The van der Waals surface area contributed by atoms with Crippen molar-refractivity contribution in [3.8, 4) is 16.9 Å². The van der Waals surface area contributed by atoms with Crippen LogP contribution in [-0.4, -0.2) is 13.4 Å². The lowest BCUT2D eigenvalue weighted by atomic mass is 9.94. The Hall–Kier alpha value is -3.96. The number of aromatic nitrogens is 1. The molecule has 186 valence electrons. The average Bonchev–Trinajstić information content (AvgIpc) is 2.92. The van der Waals surface area contributed by atoms with E-state index in [2.05, 4.69) is 43.1 Å². The van der Waals surface area contributed by atoms with E-state index < -0.39 is 9.84 Å². The Labute approximate surface area is 218 Å². The van der Waals surface area contributed by atoms with Gasteiger partial charge in [-0.15, -0.1) is 0 Å². The molecule has 0 aliphatic carbocycles. The normalized spacial score (nSPS) is 11.6. The van der Waals surface area contributed by atoms with Crippen molar-refractivity contribution in [2.24, 2.45) is 0 Å². The first kappa shape index (κ1) is 24.7. The number of ether oxygens (including phenoxy) is 1. The summed E-state index contributed by atoms with van der Waals surface area (Å²) in [6, 6.07) is 32.6. The number of nitrogens with zero attached hydrogens (tertiary/aromatic N) is 1. The zero-order valence-corrected chi connectivity index (χ0v) is 21.8. The standard InChI is InChI=1S/C32H29NO3S/c1-23(2)28-18-25-13-9-17-33-32(25)31(20-28)24-12-8-14-29(19-24)36-21-26-10-6-7-11-27(26)22-37(34,35)30-15-4-3-5-16-30/h3-20,23H,21-22H2,1-2H3. The highest BCUT2D eigenvalue weighted by molar-refractivity contribution is 7.90. The SMILES string of the molecule is CC(C)c1cc(-c2cccc(OCc3ccccc3CS(=O)(=O)c3ccccc3)c2)c2ncccc2c1. The van der Waals surface area contributed by atoms with Crippen molar-refractivity contribution in [1.29, 1.82) is 0 Å². The molecule has 0 spiro atoms. The van der Waals surface area contributed by atoms with Gasteiger partial charge >= 0.3 is 0 Å². The molecule has 4 aromatic carbocycles. The maximum atomic E-state index is 13.0. The van der Waals surface area contributed by atoms with Gasteiger partial charge in [0.15, 0.2) is 9.84 Å². The molecule has 5 rings (SSSR count). The molecule has 4 nitrogen and oxygen atoms in total. The molecule has 0 amide bonds. The largest absolute Gasteiger partial charge is 0.489 e. The Morgan fingerprint density at radius 1 is 0.784 bits per heavy atom. The van der Waals surface area contributed by atoms with E-state index in [-0.39, 0.29) is 12.4 Å². The molecule has 0 saturated heterocycles. The summed E-state index contributed by atoms with van der Waals surface area (Å²) >= 11 is 0. The highest BCUT2D eigenvalue weighted by Gasteiger charge is 2.17. The summed E-state index contributed by atoms with van der Waals surface area (Å²) in [5.74, 6) is 1.04. The Kier molecular flexibility index (Phi) is 7.06. The summed E-state index contributed by atoms with van der Waals surface area (Å²) in [4.78, 5) is 4.98. The summed E-state index contributed by atoms with van der Waals surface area (Å²) < 4.78 is 32.1. The molecule has 5 heteroatoms. The molecule has 0 fully saturated rings. The maximum Gasteiger partial charge on any atom is 0.182 e. The van der Waals surface area contributed by atoms with Crippen molar-refractivity contribution < 1.29 is 13.2 Å². The first-order valence-corrected chi connectivity index (χ1v) is 14.0. The number of hydrogen-bond acceptors (Lipinski definition) is 4. The predicted molar refractivity (Wildman–Crippen MR) is 149 cm³/mol. The van der Waals surface area contributed by atoms with E-state index in [9.17, 15) is 8.42 Å². The number of sulfone groups is 1. The third-order valence-electron chi connectivity index (χ3n) is 6.50. The Morgan fingerprint density at radius 3 is 2.32 bits per heavy atom. The van der Waals surface area contributed by atoms with Crippen LogP contribution >= 0.6 is 0 Å². The van der Waals surface area contributed by atoms with E-state index in [0.29, 0.717) is 10.8 Å². The summed E-state index contributed by atoms with van der Waals surface area (Å²) in [6.45, 7) is 4.65. The molecule has 0 unspecified atom stereocenters. The van der Waals surface area contributed by atoms with E-state index in [4.69, 9.17) is 4.74 Å². The molecule has 5 aromatic rings. The molecule has 0 saturated carbocycles. The molecule has 0 N–H and O–H groups in total. The first-order chi connectivity index (χ1) is 17.9. The lowest BCUT2D eigenvalue weighted by Crippen LogP contribution is -2.08. The average molecular weight is 508 g/mol. The summed E-state index contributed by atoms with van der Waals surface area (Å²) in [5.41, 5.74) is 5.91. The van der Waals surface area contributed by atoms with Crippen LogP contribution in [0.4, 0.5) is 0 Å². The van der Waals surface area contributed by atoms with Gasteiger partial charge in [0.25, 0.3) is 0 Å². The molecular formula is C32H29NO3S. The topological polar surface area (TPSA) is 56.3 Å². The second kappa shape index (κ2) is 10.6. The zero-order valence-electron chi connectivity index (χ0n) is 21.0. The van der Waals surface area contributed by atoms with Gasteiger partial charge in [-0.1, -0.05) is 74.5 Å². The number of fused-ring (bicyclic) bond motifs is 1. The predicted octanol–water partition coefficient (Wildman–Crippen LogP) is 7.58. The second-order valence-electron chi connectivity index (χ2n) is 9.46. The van der Waals surface area contributed by atoms with Crippen molar-refractivity contribution >= 4 is 20.7 Å².